The second-order valence-corrected chi connectivity index (χ2v) is 1.89. The number of hydrogen-bond donors (Lipinski definition) is 6. The molecule has 0 unspecified atom stereocenters. The van der Waals surface area contributed by atoms with E-state index in [2.05, 4.69) is 0 Å². The monoisotopic (exact) mass is 224 g/mol. The van der Waals surface area contributed by atoms with Gasteiger partial charge in [-0.05, 0) is 0 Å². The van der Waals surface area contributed by atoms with Crippen LogP contribution in [0.5, 0.6) is 0 Å². The molecule has 0 spiro atoms. The summed E-state index contributed by atoms with van der Waals surface area (Å²) in [6.45, 7) is 0. The summed E-state index contributed by atoms with van der Waals surface area (Å²) in [4.78, 5) is 21.6. The summed E-state index contributed by atoms with van der Waals surface area (Å²) in [5, 5.41) is 21.5. The maximum atomic E-state index is 8.88. The van der Waals surface area contributed by atoms with Crippen molar-refractivity contribution in [1.29, 1.82) is 0 Å². The molecule has 0 rings (SSSR count). The van der Waals surface area contributed by atoms with Gasteiger partial charge in [0.25, 0.3) is 0 Å². The summed E-state index contributed by atoms with van der Waals surface area (Å²) in [6, 6.07) is 0. The zero-order valence-electron chi connectivity index (χ0n) is 4.82. The first-order valence-electron chi connectivity index (χ1n) is 1.56. The van der Waals surface area contributed by atoms with Crippen LogP contribution in [0.3, 0.4) is 0 Å². The molecule has 0 aliphatic rings. The average Bonchev–Trinajstić information content (AvgIpc) is 1.19. The molecular weight excluding hydrogens is 219 g/mol. The molecule has 7 nitrogen and oxygen atoms in total. The van der Waals surface area contributed by atoms with Gasteiger partial charge in [-0.1, -0.05) is 0 Å². The second-order valence-electron chi connectivity index (χ2n) is 0.860. The van der Waals surface area contributed by atoms with Gasteiger partial charge in [-0.3, -0.25) is 0 Å². The van der Waals surface area contributed by atoms with Gasteiger partial charge in [0.2, 0.25) is 0 Å². The van der Waals surface area contributed by atoms with Gasteiger partial charge in [0.15, 0.2) is 0 Å². The van der Waals surface area contributed by atoms with Crippen molar-refractivity contribution in [2.45, 2.75) is 0 Å². The fourth-order valence-electron chi connectivity index (χ4n) is 0. The van der Waals surface area contributed by atoms with Crippen LogP contribution < -0.4 is 0 Å². The van der Waals surface area contributed by atoms with E-state index in [1.165, 1.54) is 0 Å². The van der Waals surface area contributed by atoms with Crippen LogP contribution in [0.15, 0.2) is 0 Å². The molecule has 0 aliphatic heterocycles. The molecule has 0 heterocycles. The van der Waals surface area contributed by atoms with E-state index in [0.717, 1.165) is 0 Å². The van der Waals surface area contributed by atoms with Crippen LogP contribution in [0, 0.1) is 0 Å². The Hall–Kier alpha value is 0.678. The Balaban J connectivity index is -0.0000000910. The largest absolute Gasteiger partial charge is 0.631 e. The van der Waals surface area contributed by atoms with Gasteiger partial charge in [-0.15, -0.1) is 0 Å². The molecule has 10 heteroatoms. The Bertz CT molecular complexity index is 84.8. The summed E-state index contributed by atoms with van der Waals surface area (Å²) in [6.07, 6.45) is 0. The van der Waals surface area contributed by atoms with Crippen LogP contribution >= 0.6 is 7.82 Å². The van der Waals surface area contributed by atoms with Gasteiger partial charge < -0.3 is 29.8 Å². The summed E-state index contributed by atoms with van der Waals surface area (Å²) >= 11 is 0. The molecule has 0 atom stereocenters. The van der Waals surface area contributed by atoms with Crippen molar-refractivity contribution in [2.24, 2.45) is 0 Å². The first kappa shape index (κ1) is 17.0. The van der Waals surface area contributed by atoms with Crippen LogP contribution in [0.4, 0.5) is 0 Å². The van der Waals surface area contributed by atoms with Crippen molar-refractivity contribution in [2.75, 3.05) is 0 Å². The van der Waals surface area contributed by atoms with Gasteiger partial charge >= 0.3 is 15.1 Å². The predicted octanol–water partition coefficient (Wildman–Crippen LogP) is -2.98. The van der Waals surface area contributed by atoms with Gasteiger partial charge in [-0.2, -0.15) is 0 Å². The molecule has 58 valence electrons. The number of rotatable bonds is 0. The predicted molar refractivity (Wildman–Crippen MR) is 26.7 cm³/mol. The van der Waals surface area contributed by atoms with Crippen molar-refractivity contribution in [3.05, 3.63) is 0 Å². The summed E-state index contributed by atoms with van der Waals surface area (Å²) in [5.74, 6) is 0. The van der Waals surface area contributed by atoms with Crippen LogP contribution in [-0.4, -0.2) is 37.1 Å². The molecule has 6 N–H and O–H groups in total. The molecule has 0 saturated carbocycles. The van der Waals surface area contributed by atoms with E-state index in [9.17, 15) is 0 Å². The third-order valence-electron chi connectivity index (χ3n) is 0. The van der Waals surface area contributed by atoms with E-state index in [1.807, 2.05) is 0 Å². The van der Waals surface area contributed by atoms with Crippen molar-refractivity contribution in [3.63, 3.8) is 0 Å². The van der Waals surface area contributed by atoms with Gasteiger partial charge in [0.1, 0.15) is 0 Å². The first-order valence-corrected chi connectivity index (χ1v) is 3.12. The zero-order chi connectivity index (χ0) is 8.08. The van der Waals surface area contributed by atoms with E-state index < -0.39 is 15.1 Å². The van der Waals surface area contributed by atoms with E-state index in [1.54, 1.807) is 0 Å². The first-order chi connectivity index (χ1) is 3.73. The van der Waals surface area contributed by atoms with Crippen LogP contribution in [0.2, 0.25) is 0 Å². The normalized spacial score (nSPS) is 8.60. The topological polar surface area (TPSA) is 138 Å². The summed E-state index contributed by atoms with van der Waals surface area (Å²) in [7, 11) is -6.81. The van der Waals surface area contributed by atoms with Crippen molar-refractivity contribution < 1.29 is 53.8 Å². The molecule has 0 aromatic carbocycles. The average molecular weight is 225 g/mol. The molecule has 0 amide bonds. The molecule has 0 aliphatic carbocycles. The summed E-state index contributed by atoms with van der Waals surface area (Å²) < 4.78 is 8.88. The zero-order valence-corrected chi connectivity index (χ0v) is 8.68. The van der Waals surface area contributed by atoms with E-state index in [0.29, 0.717) is 0 Å². The Kier molecular flexibility index (Phi) is 13.2. The minimum absolute atomic E-state index is 0. The quantitative estimate of drug-likeness (QED) is 0.191. The van der Waals surface area contributed by atoms with Crippen molar-refractivity contribution >= 4 is 15.1 Å². The third kappa shape index (κ3) is 1110. The number of phosphoric acid groups is 1. The van der Waals surface area contributed by atoms with E-state index in [4.69, 9.17) is 34.3 Å². The Morgan fingerprint density at radius 2 is 1.00 bits per heavy atom. The SMILES string of the molecule is O=P(O)(O)O.OB(O)O.[Zn]. The maximum Gasteiger partial charge on any atom is 0.631 e. The van der Waals surface area contributed by atoms with Crippen LogP contribution in [0.25, 0.3) is 0 Å². The fraction of sp³-hybridized carbons (Fsp3) is 0. The van der Waals surface area contributed by atoms with Crippen LogP contribution in [0.1, 0.15) is 0 Å². The molecule has 0 fully saturated rings. The Morgan fingerprint density at radius 1 is 1.00 bits per heavy atom. The van der Waals surface area contributed by atoms with Crippen molar-refractivity contribution in [3.8, 4) is 0 Å². The Labute approximate surface area is 69.5 Å². The molecule has 0 aromatic rings. The minimum atomic E-state index is -4.64. The second kappa shape index (κ2) is 7.78. The molecule has 0 radical (unpaired) electrons. The van der Waals surface area contributed by atoms with Gasteiger partial charge in [-0.25, -0.2) is 4.57 Å². The third-order valence-corrected chi connectivity index (χ3v) is 0. The fourth-order valence-corrected chi connectivity index (χ4v) is 0. The Morgan fingerprint density at radius 3 is 1.00 bits per heavy atom. The van der Waals surface area contributed by atoms with E-state index in [-0.39, 0.29) is 19.5 Å². The number of hydrogen-bond acceptors (Lipinski definition) is 4. The summed E-state index contributed by atoms with van der Waals surface area (Å²) in [5.41, 5.74) is 0. The van der Waals surface area contributed by atoms with Crippen molar-refractivity contribution in [1.82, 2.24) is 0 Å². The molecule has 10 heavy (non-hydrogen) atoms. The van der Waals surface area contributed by atoms with Gasteiger partial charge in [0, 0.05) is 19.5 Å². The molecule has 0 bridgehead atoms. The maximum absolute atomic E-state index is 8.88. The minimum Gasteiger partial charge on any atom is -0.402 e. The smallest absolute Gasteiger partial charge is 0.402 e. The standard InChI is InChI=1S/BH3O3.H3O4P.Zn/c2-1(3)4;1-5(2,3)4;/h2-4H;(H3,1,2,3,4);. The molecule has 0 aromatic heterocycles. The molecule has 0 saturated heterocycles. The van der Waals surface area contributed by atoms with Crippen LogP contribution in [-0.2, 0) is 24.0 Å². The van der Waals surface area contributed by atoms with Gasteiger partial charge in [0.05, 0.1) is 0 Å². The van der Waals surface area contributed by atoms with E-state index >= 15 is 0 Å². The molecular formula is H6BO7PZn.